The molecule has 28 heavy (non-hydrogen) atoms. The van der Waals surface area contributed by atoms with Crippen molar-refractivity contribution in [2.45, 2.75) is 32.0 Å². The normalized spacial score (nSPS) is 23.2. The maximum absolute atomic E-state index is 13.2. The maximum Gasteiger partial charge on any atom is 0.152 e. The molecule has 0 aliphatic carbocycles. The number of H-pyrrole nitrogens is 1. The molecule has 3 aliphatic heterocycles. The van der Waals surface area contributed by atoms with Gasteiger partial charge in [0.25, 0.3) is 0 Å². The summed E-state index contributed by atoms with van der Waals surface area (Å²) >= 11 is 0. The summed E-state index contributed by atoms with van der Waals surface area (Å²) in [5, 5.41) is 6.95. The predicted molar refractivity (Wildman–Crippen MR) is 105 cm³/mol. The number of nitrogens with one attached hydrogen (secondary N) is 1. The largest absolute Gasteiger partial charge is 0.458 e. The van der Waals surface area contributed by atoms with E-state index in [1.165, 1.54) is 18.4 Å². The lowest BCUT2D eigenvalue weighted by atomic mass is 9.95. The molecule has 3 aromatic rings. The van der Waals surface area contributed by atoms with Crippen LogP contribution >= 0.6 is 0 Å². The number of nitrogens with zero attached hydrogens (tertiary/aromatic N) is 3. The number of aromatic nitrogens is 2. The van der Waals surface area contributed by atoms with Crippen molar-refractivity contribution in [3.8, 4) is 11.5 Å². The Morgan fingerprint density at radius 1 is 1.00 bits per heavy atom. The summed E-state index contributed by atoms with van der Waals surface area (Å²) in [6, 6.07) is 13.5. The summed E-state index contributed by atoms with van der Waals surface area (Å²) in [4.78, 5) is 5.11. The van der Waals surface area contributed by atoms with E-state index in [0.29, 0.717) is 12.0 Å². The van der Waals surface area contributed by atoms with Crippen molar-refractivity contribution in [1.29, 1.82) is 0 Å². The third kappa shape index (κ3) is 3.75. The first-order valence-corrected chi connectivity index (χ1v) is 10.0. The van der Waals surface area contributed by atoms with Crippen molar-refractivity contribution < 1.29 is 8.81 Å². The molecule has 0 radical (unpaired) electrons. The lowest BCUT2D eigenvalue weighted by Crippen LogP contribution is -2.43. The van der Waals surface area contributed by atoms with Crippen LogP contribution in [0.3, 0.4) is 0 Å². The van der Waals surface area contributed by atoms with Crippen molar-refractivity contribution in [2.24, 2.45) is 5.92 Å². The molecule has 6 rings (SSSR count). The van der Waals surface area contributed by atoms with E-state index < -0.39 is 0 Å². The van der Waals surface area contributed by atoms with Crippen LogP contribution in [0.4, 0.5) is 4.39 Å². The van der Waals surface area contributed by atoms with E-state index >= 15 is 0 Å². The molecule has 2 atom stereocenters. The van der Waals surface area contributed by atoms with Crippen LogP contribution in [0, 0.1) is 11.7 Å². The molecule has 3 aliphatic rings. The Morgan fingerprint density at radius 3 is 2.71 bits per heavy atom. The second-order valence-electron chi connectivity index (χ2n) is 8.08. The van der Waals surface area contributed by atoms with Crippen LogP contribution in [0.5, 0.6) is 0 Å². The van der Waals surface area contributed by atoms with E-state index in [2.05, 4.69) is 26.1 Å². The van der Waals surface area contributed by atoms with Gasteiger partial charge < -0.3 is 4.42 Å². The Labute approximate surface area is 164 Å². The minimum absolute atomic E-state index is 0.168. The molecule has 6 heteroatoms. The van der Waals surface area contributed by atoms with Crippen LogP contribution < -0.4 is 0 Å². The SMILES string of the molecule is Fc1ccc(CN2C[C@@H]3CC[C@H](C2)N(Cc2ccc(-c4ccn[nH]4)o2)C3)cc1. The molecule has 3 saturated heterocycles. The van der Waals surface area contributed by atoms with Crippen molar-refractivity contribution >= 4 is 0 Å². The van der Waals surface area contributed by atoms with Gasteiger partial charge in [0.05, 0.1) is 6.54 Å². The molecule has 146 valence electrons. The van der Waals surface area contributed by atoms with E-state index in [4.69, 9.17) is 4.42 Å². The number of aromatic amines is 1. The fourth-order valence-electron chi connectivity index (χ4n) is 4.65. The van der Waals surface area contributed by atoms with Crippen LogP contribution in [0.1, 0.15) is 24.2 Å². The number of halogens is 1. The fraction of sp³-hybridized carbons (Fsp3) is 0.409. The molecule has 1 aromatic carbocycles. The minimum Gasteiger partial charge on any atom is -0.458 e. The molecule has 2 aromatic heterocycles. The van der Waals surface area contributed by atoms with Crippen LogP contribution in [0.2, 0.25) is 0 Å². The van der Waals surface area contributed by atoms with E-state index in [0.717, 1.165) is 49.9 Å². The average Bonchev–Trinajstić information content (AvgIpc) is 3.31. The zero-order valence-corrected chi connectivity index (χ0v) is 15.9. The molecule has 0 spiro atoms. The van der Waals surface area contributed by atoms with Gasteiger partial charge in [-0.25, -0.2) is 4.39 Å². The van der Waals surface area contributed by atoms with Crippen molar-refractivity contribution in [2.75, 3.05) is 19.6 Å². The Morgan fingerprint density at radius 2 is 1.89 bits per heavy atom. The van der Waals surface area contributed by atoms with Gasteiger partial charge in [-0.3, -0.25) is 14.9 Å². The standard InChI is InChI=1S/C22H25FN4O/c23-18-4-1-16(2-5-18)11-26-12-17-3-6-19(14-26)27(13-17)15-20-7-8-22(28-20)21-9-10-24-25-21/h1-2,4-5,7-10,17,19H,3,6,11-15H2,(H,24,25)/t17-,19+/m0/s1. The maximum atomic E-state index is 13.2. The van der Waals surface area contributed by atoms with Gasteiger partial charge in [-0.1, -0.05) is 12.1 Å². The van der Waals surface area contributed by atoms with Gasteiger partial charge in [0.15, 0.2) is 5.76 Å². The topological polar surface area (TPSA) is 48.3 Å². The van der Waals surface area contributed by atoms with E-state index in [1.807, 2.05) is 24.3 Å². The molecule has 1 N–H and O–H groups in total. The number of rotatable bonds is 5. The number of piperidine rings is 1. The number of furan rings is 1. The van der Waals surface area contributed by atoms with Crippen molar-refractivity contribution in [3.63, 3.8) is 0 Å². The van der Waals surface area contributed by atoms with Gasteiger partial charge in [-0.2, -0.15) is 5.10 Å². The summed E-state index contributed by atoms with van der Waals surface area (Å²) in [6.07, 6.45) is 4.26. The highest BCUT2D eigenvalue weighted by atomic mass is 19.1. The van der Waals surface area contributed by atoms with Crippen LogP contribution in [-0.2, 0) is 13.1 Å². The van der Waals surface area contributed by atoms with Crippen LogP contribution in [0.25, 0.3) is 11.5 Å². The Bertz CT molecular complexity index is 905. The zero-order chi connectivity index (χ0) is 18.9. The molecule has 3 fully saturated rings. The number of fused-ring (bicyclic) bond motifs is 4. The average molecular weight is 380 g/mol. The Kier molecular flexibility index (Phi) is 4.74. The zero-order valence-electron chi connectivity index (χ0n) is 15.9. The number of hydrogen-bond acceptors (Lipinski definition) is 4. The van der Waals surface area contributed by atoms with E-state index in [-0.39, 0.29) is 5.82 Å². The molecule has 0 amide bonds. The second-order valence-corrected chi connectivity index (χ2v) is 8.08. The quantitative estimate of drug-likeness (QED) is 0.729. The summed E-state index contributed by atoms with van der Waals surface area (Å²) < 4.78 is 19.2. The van der Waals surface area contributed by atoms with Gasteiger partial charge in [-0.15, -0.1) is 0 Å². The lowest BCUT2D eigenvalue weighted by molar-refractivity contribution is 0.114. The first-order chi connectivity index (χ1) is 13.7. The number of hydrogen-bond donors (Lipinski definition) is 1. The molecular formula is C22H25FN4O. The van der Waals surface area contributed by atoms with Crippen molar-refractivity contribution in [1.82, 2.24) is 20.0 Å². The third-order valence-corrected chi connectivity index (χ3v) is 6.01. The van der Waals surface area contributed by atoms with Gasteiger partial charge in [-0.05, 0) is 54.7 Å². The Hall–Kier alpha value is -2.44. The van der Waals surface area contributed by atoms with Gasteiger partial charge >= 0.3 is 0 Å². The molecule has 5 heterocycles. The molecule has 0 unspecified atom stereocenters. The molecule has 0 saturated carbocycles. The summed E-state index contributed by atoms with van der Waals surface area (Å²) in [6.45, 7) is 5.03. The predicted octanol–water partition coefficient (Wildman–Crippen LogP) is 3.91. The highest BCUT2D eigenvalue weighted by Gasteiger charge is 2.35. The Balaban J connectivity index is 1.26. The van der Waals surface area contributed by atoms with Gasteiger partial charge in [0.1, 0.15) is 17.3 Å². The monoisotopic (exact) mass is 380 g/mol. The first-order valence-electron chi connectivity index (χ1n) is 10.0. The minimum atomic E-state index is -0.168. The summed E-state index contributed by atoms with van der Waals surface area (Å²) in [5.41, 5.74) is 2.10. The summed E-state index contributed by atoms with van der Waals surface area (Å²) in [7, 11) is 0. The molecular weight excluding hydrogens is 355 g/mol. The third-order valence-electron chi connectivity index (χ3n) is 6.01. The van der Waals surface area contributed by atoms with Gasteiger partial charge in [0.2, 0.25) is 0 Å². The van der Waals surface area contributed by atoms with Crippen LogP contribution in [-0.4, -0.2) is 45.7 Å². The second kappa shape index (κ2) is 7.53. The summed E-state index contributed by atoms with van der Waals surface area (Å²) in [5.74, 6) is 2.35. The van der Waals surface area contributed by atoms with Gasteiger partial charge in [0, 0.05) is 38.4 Å². The first kappa shape index (κ1) is 17.6. The highest BCUT2D eigenvalue weighted by Crippen LogP contribution is 2.31. The fourth-order valence-corrected chi connectivity index (χ4v) is 4.65. The van der Waals surface area contributed by atoms with E-state index in [1.54, 1.807) is 18.3 Å². The van der Waals surface area contributed by atoms with Crippen LogP contribution in [0.15, 0.2) is 53.1 Å². The molecule has 5 nitrogen and oxygen atoms in total. The number of benzene rings is 1. The lowest BCUT2D eigenvalue weighted by Gasteiger charge is -2.35. The van der Waals surface area contributed by atoms with Crippen molar-refractivity contribution in [3.05, 3.63) is 65.8 Å². The highest BCUT2D eigenvalue weighted by molar-refractivity contribution is 5.51. The molecule has 2 bridgehead atoms. The van der Waals surface area contributed by atoms with E-state index in [9.17, 15) is 4.39 Å². The smallest absolute Gasteiger partial charge is 0.152 e.